The Kier molecular flexibility index (Phi) is 4.55. The highest BCUT2D eigenvalue weighted by Crippen LogP contribution is 2.25. The van der Waals surface area contributed by atoms with Crippen LogP contribution in [-0.4, -0.2) is 11.1 Å². The van der Waals surface area contributed by atoms with Crippen LogP contribution in [0.15, 0.2) is 12.1 Å². The van der Waals surface area contributed by atoms with Crippen LogP contribution in [0.2, 0.25) is 0 Å². The quantitative estimate of drug-likeness (QED) is 0.853. The molecule has 0 aliphatic heterocycles. The Morgan fingerprint density at radius 1 is 1.17 bits per heavy atom. The zero-order chi connectivity index (χ0) is 13.9. The predicted molar refractivity (Wildman–Crippen MR) is 75.0 cm³/mol. The van der Waals surface area contributed by atoms with Gasteiger partial charge in [-0.15, -0.1) is 0 Å². The highest BCUT2D eigenvalue weighted by atomic mass is 16.4. The molecule has 0 aromatic heterocycles. The summed E-state index contributed by atoms with van der Waals surface area (Å²) in [6.07, 6.45) is 2.60. The first-order chi connectivity index (χ1) is 8.24. The molecule has 2 heteroatoms. The third-order valence-electron chi connectivity index (χ3n) is 3.65. The van der Waals surface area contributed by atoms with Gasteiger partial charge in [-0.1, -0.05) is 17.7 Å². The van der Waals surface area contributed by atoms with E-state index in [4.69, 9.17) is 5.11 Å². The average Bonchev–Trinajstić information content (AvgIpc) is 2.21. The topological polar surface area (TPSA) is 37.3 Å². The van der Waals surface area contributed by atoms with Crippen molar-refractivity contribution >= 4 is 5.97 Å². The van der Waals surface area contributed by atoms with Crippen molar-refractivity contribution in [1.82, 2.24) is 0 Å². The second-order valence-corrected chi connectivity index (χ2v) is 5.92. The van der Waals surface area contributed by atoms with Crippen molar-refractivity contribution in [2.24, 2.45) is 5.41 Å². The summed E-state index contributed by atoms with van der Waals surface area (Å²) in [4.78, 5) is 11.0. The Hall–Kier alpha value is -1.31. The van der Waals surface area contributed by atoms with E-state index in [0.717, 1.165) is 19.3 Å². The molecule has 0 unspecified atom stereocenters. The molecule has 0 fully saturated rings. The summed E-state index contributed by atoms with van der Waals surface area (Å²) in [5, 5.41) is 9.08. The van der Waals surface area contributed by atoms with Gasteiger partial charge in [0.2, 0.25) is 0 Å². The summed E-state index contributed by atoms with van der Waals surface area (Å²) >= 11 is 0. The molecule has 0 atom stereocenters. The van der Waals surface area contributed by atoms with Gasteiger partial charge in [0.15, 0.2) is 0 Å². The van der Waals surface area contributed by atoms with Crippen LogP contribution in [0.4, 0.5) is 0 Å². The normalized spacial score (nSPS) is 11.6. The summed E-state index contributed by atoms with van der Waals surface area (Å²) in [5.74, 6) is -0.708. The molecule has 1 aromatic rings. The fourth-order valence-electron chi connectivity index (χ4n) is 2.42. The maximum absolute atomic E-state index is 11.0. The molecule has 0 radical (unpaired) electrons. The molecule has 0 heterocycles. The Balaban J connectivity index is 2.68. The number of benzene rings is 1. The minimum Gasteiger partial charge on any atom is -0.481 e. The van der Waals surface area contributed by atoms with Gasteiger partial charge in [-0.3, -0.25) is 4.79 Å². The molecular weight excluding hydrogens is 224 g/mol. The minimum atomic E-state index is -0.708. The van der Waals surface area contributed by atoms with E-state index in [9.17, 15) is 4.79 Å². The van der Waals surface area contributed by atoms with Crippen LogP contribution in [0.3, 0.4) is 0 Å². The minimum absolute atomic E-state index is 0.619. The zero-order valence-corrected chi connectivity index (χ0v) is 12.1. The SMILES string of the molecule is Cc1cc(C)c(CCCC(C)(C)C(=O)O)c(C)c1. The molecule has 18 heavy (non-hydrogen) atoms. The lowest BCUT2D eigenvalue weighted by atomic mass is 9.85. The number of carboxylic acid groups (broad SMARTS) is 1. The number of aliphatic carboxylic acids is 1. The molecule has 0 bridgehead atoms. The Labute approximate surface area is 110 Å². The molecule has 1 N–H and O–H groups in total. The summed E-state index contributed by atoms with van der Waals surface area (Å²) in [5.41, 5.74) is 4.69. The third-order valence-corrected chi connectivity index (χ3v) is 3.65. The Morgan fingerprint density at radius 2 is 1.67 bits per heavy atom. The molecule has 0 aliphatic rings. The fraction of sp³-hybridized carbons (Fsp3) is 0.562. The van der Waals surface area contributed by atoms with Crippen molar-refractivity contribution in [2.45, 2.75) is 53.9 Å². The van der Waals surface area contributed by atoms with E-state index in [1.807, 2.05) is 0 Å². The molecule has 100 valence electrons. The lowest BCUT2D eigenvalue weighted by Gasteiger charge is -2.19. The van der Waals surface area contributed by atoms with Gasteiger partial charge in [-0.05, 0) is 70.6 Å². The Bertz CT molecular complexity index is 421. The second kappa shape index (κ2) is 5.55. The monoisotopic (exact) mass is 248 g/mol. The van der Waals surface area contributed by atoms with Gasteiger partial charge < -0.3 is 5.11 Å². The van der Waals surface area contributed by atoms with Crippen molar-refractivity contribution < 1.29 is 9.90 Å². The van der Waals surface area contributed by atoms with E-state index in [0.29, 0.717) is 0 Å². The van der Waals surface area contributed by atoms with Gasteiger partial charge in [-0.2, -0.15) is 0 Å². The van der Waals surface area contributed by atoms with E-state index in [-0.39, 0.29) is 0 Å². The van der Waals surface area contributed by atoms with Crippen LogP contribution in [0.25, 0.3) is 0 Å². The Morgan fingerprint density at radius 3 is 2.11 bits per heavy atom. The van der Waals surface area contributed by atoms with Crippen LogP contribution in [-0.2, 0) is 11.2 Å². The number of carboxylic acids is 1. The van der Waals surface area contributed by atoms with Crippen molar-refractivity contribution in [1.29, 1.82) is 0 Å². The highest BCUT2D eigenvalue weighted by molar-refractivity contribution is 5.73. The predicted octanol–water partition coefficient (Wildman–Crippen LogP) is 4.05. The van der Waals surface area contributed by atoms with E-state index < -0.39 is 11.4 Å². The largest absolute Gasteiger partial charge is 0.481 e. The van der Waals surface area contributed by atoms with E-state index in [2.05, 4.69) is 32.9 Å². The maximum atomic E-state index is 11.0. The molecule has 0 saturated carbocycles. The van der Waals surface area contributed by atoms with Crippen molar-refractivity contribution in [3.05, 3.63) is 34.4 Å². The molecule has 1 rings (SSSR count). The van der Waals surface area contributed by atoms with Crippen LogP contribution in [0.1, 0.15) is 48.9 Å². The van der Waals surface area contributed by atoms with Crippen LogP contribution >= 0.6 is 0 Å². The molecular formula is C16H24O2. The summed E-state index contributed by atoms with van der Waals surface area (Å²) < 4.78 is 0. The first-order valence-electron chi connectivity index (χ1n) is 6.54. The highest BCUT2D eigenvalue weighted by Gasteiger charge is 2.26. The van der Waals surface area contributed by atoms with Gasteiger partial charge in [0.05, 0.1) is 5.41 Å². The number of aryl methyl sites for hydroxylation is 3. The number of hydrogen-bond acceptors (Lipinski definition) is 1. The zero-order valence-electron chi connectivity index (χ0n) is 12.1. The van der Waals surface area contributed by atoms with Crippen molar-refractivity contribution in [3.8, 4) is 0 Å². The molecule has 0 amide bonds. The maximum Gasteiger partial charge on any atom is 0.309 e. The molecule has 0 saturated heterocycles. The van der Waals surface area contributed by atoms with Gasteiger partial charge in [-0.25, -0.2) is 0 Å². The van der Waals surface area contributed by atoms with E-state index >= 15 is 0 Å². The first-order valence-corrected chi connectivity index (χ1v) is 6.54. The fourth-order valence-corrected chi connectivity index (χ4v) is 2.42. The van der Waals surface area contributed by atoms with Gasteiger partial charge >= 0.3 is 5.97 Å². The average molecular weight is 248 g/mol. The van der Waals surface area contributed by atoms with E-state index in [1.165, 1.54) is 22.3 Å². The lowest BCUT2D eigenvalue weighted by molar-refractivity contribution is -0.147. The van der Waals surface area contributed by atoms with E-state index in [1.54, 1.807) is 13.8 Å². The van der Waals surface area contributed by atoms with Crippen LogP contribution < -0.4 is 0 Å². The van der Waals surface area contributed by atoms with Gasteiger partial charge in [0, 0.05) is 0 Å². The van der Waals surface area contributed by atoms with Crippen molar-refractivity contribution in [3.63, 3.8) is 0 Å². The van der Waals surface area contributed by atoms with Gasteiger partial charge in [0.1, 0.15) is 0 Å². The molecule has 1 aromatic carbocycles. The lowest BCUT2D eigenvalue weighted by Crippen LogP contribution is -2.23. The summed E-state index contributed by atoms with van der Waals surface area (Å²) in [6.45, 7) is 9.97. The van der Waals surface area contributed by atoms with Crippen molar-refractivity contribution in [2.75, 3.05) is 0 Å². The smallest absolute Gasteiger partial charge is 0.309 e. The standard InChI is InChI=1S/C16H24O2/c1-11-9-12(2)14(13(3)10-11)7-6-8-16(4,5)15(17)18/h9-10H,6-8H2,1-5H3,(H,17,18). The first kappa shape index (κ1) is 14.7. The number of hydrogen-bond donors (Lipinski definition) is 1. The molecule has 2 nitrogen and oxygen atoms in total. The number of rotatable bonds is 5. The number of carbonyl (C=O) groups is 1. The third kappa shape index (κ3) is 3.59. The van der Waals surface area contributed by atoms with Gasteiger partial charge in [0.25, 0.3) is 0 Å². The second-order valence-electron chi connectivity index (χ2n) is 5.92. The van der Waals surface area contributed by atoms with Crippen LogP contribution in [0.5, 0.6) is 0 Å². The van der Waals surface area contributed by atoms with Crippen LogP contribution in [0, 0.1) is 26.2 Å². The molecule has 0 aliphatic carbocycles. The molecule has 0 spiro atoms. The summed E-state index contributed by atoms with van der Waals surface area (Å²) in [6, 6.07) is 4.40. The summed E-state index contributed by atoms with van der Waals surface area (Å²) in [7, 11) is 0.